The molecular formula is C13H26N2O3. The summed E-state index contributed by atoms with van der Waals surface area (Å²) in [7, 11) is 1.67. The van der Waals surface area contributed by atoms with Crippen LogP contribution >= 0.6 is 0 Å². The highest BCUT2D eigenvalue weighted by molar-refractivity contribution is 5.75. The van der Waals surface area contributed by atoms with Crippen molar-refractivity contribution >= 4 is 5.97 Å². The van der Waals surface area contributed by atoms with Gasteiger partial charge in [-0.2, -0.15) is 0 Å². The summed E-state index contributed by atoms with van der Waals surface area (Å²) in [5, 5.41) is 3.27. The van der Waals surface area contributed by atoms with Crippen molar-refractivity contribution in [1.29, 1.82) is 0 Å². The van der Waals surface area contributed by atoms with Gasteiger partial charge in [-0.1, -0.05) is 0 Å². The summed E-state index contributed by atoms with van der Waals surface area (Å²) < 4.78 is 10.6. The Bertz CT molecular complexity index is 263. The van der Waals surface area contributed by atoms with Gasteiger partial charge in [-0.15, -0.1) is 0 Å². The van der Waals surface area contributed by atoms with Gasteiger partial charge in [0.15, 0.2) is 0 Å². The van der Waals surface area contributed by atoms with Crippen molar-refractivity contribution in [1.82, 2.24) is 10.2 Å². The molecule has 1 atom stereocenters. The second-order valence-electron chi connectivity index (χ2n) is 5.34. The van der Waals surface area contributed by atoms with Crippen LogP contribution in [0.15, 0.2) is 0 Å². The fourth-order valence-electron chi connectivity index (χ4n) is 1.84. The second kappa shape index (κ2) is 7.07. The summed E-state index contributed by atoms with van der Waals surface area (Å²) >= 11 is 0. The maximum absolute atomic E-state index is 11.9. The Morgan fingerprint density at radius 2 is 2.00 bits per heavy atom. The normalized spacial score (nSPS) is 19.6. The fraction of sp³-hybridized carbons (Fsp3) is 0.923. The lowest BCUT2D eigenvalue weighted by Gasteiger charge is -2.31. The number of hydrogen-bond donors (Lipinski definition) is 1. The summed E-state index contributed by atoms with van der Waals surface area (Å²) in [6, 6.07) is -0.155. The van der Waals surface area contributed by atoms with Crippen molar-refractivity contribution in [2.75, 3.05) is 39.9 Å². The molecule has 1 fully saturated rings. The Morgan fingerprint density at radius 3 is 2.56 bits per heavy atom. The van der Waals surface area contributed by atoms with Crippen molar-refractivity contribution in [3.05, 3.63) is 0 Å². The van der Waals surface area contributed by atoms with Gasteiger partial charge in [0.25, 0.3) is 0 Å². The van der Waals surface area contributed by atoms with Crippen LogP contribution in [0.25, 0.3) is 0 Å². The van der Waals surface area contributed by atoms with Crippen LogP contribution in [0.5, 0.6) is 0 Å². The molecule has 0 saturated carbocycles. The maximum atomic E-state index is 11.9. The van der Waals surface area contributed by atoms with E-state index in [1.165, 1.54) is 0 Å². The van der Waals surface area contributed by atoms with E-state index in [4.69, 9.17) is 9.47 Å². The molecule has 1 aliphatic rings. The van der Waals surface area contributed by atoms with E-state index in [1.807, 2.05) is 20.8 Å². The van der Waals surface area contributed by atoms with Crippen LogP contribution in [0, 0.1) is 0 Å². The number of methoxy groups -OCH3 is 1. The first-order valence-electron chi connectivity index (χ1n) is 6.63. The lowest BCUT2D eigenvalue weighted by Crippen LogP contribution is -2.50. The molecule has 5 heteroatoms. The molecule has 0 aromatic rings. The van der Waals surface area contributed by atoms with Gasteiger partial charge in [0, 0.05) is 39.7 Å². The molecule has 18 heavy (non-hydrogen) atoms. The van der Waals surface area contributed by atoms with Crippen LogP contribution in [0.1, 0.15) is 27.2 Å². The molecule has 1 saturated heterocycles. The third-order valence-corrected chi connectivity index (χ3v) is 3.54. The zero-order valence-electron chi connectivity index (χ0n) is 12.0. The molecule has 0 aromatic heterocycles. The van der Waals surface area contributed by atoms with Crippen molar-refractivity contribution < 1.29 is 14.3 Å². The minimum absolute atomic E-state index is 0.135. The van der Waals surface area contributed by atoms with Gasteiger partial charge in [-0.25, -0.2) is 0 Å². The number of carbonyl (C=O) groups excluding carboxylic acids is 1. The Kier molecular flexibility index (Phi) is 6.05. The van der Waals surface area contributed by atoms with E-state index in [2.05, 4.69) is 10.2 Å². The van der Waals surface area contributed by atoms with Gasteiger partial charge in [0.2, 0.25) is 0 Å². The Balaban J connectivity index is 2.27. The number of hydrogen-bond acceptors (Lipinski definition) is 5. The van der Waals surface area contributed by atoms with Gasteiger partial charge < -0.3 is 14.8 Å². The molecule has 0 aromatic carbocycles. The summed E-state index contributed by atoms with van der Waals surface area (Å²) in [4.78, 5) is 14.0. The third-order valence-electron chi connectivity index (χ3n) is 3.54. The lowest BCUT2D eigenvalue weighted by molar-refractivity contribution is -0.151. The zero-order valence-corrected chi connectivity index (χ0v) is 12.0. The van der Waals surface area contributed by atoms with Crippen LogP contribution < -0.4 is 5.32 Å². The van der Waals surface area contributed by atoms with Crippen LogP contribution in [-0.4, -0.2) is 62.4 Å². The Hall–Kier alpha value is -0.650. The molecule has 106 valence electrons. The van der Waals surface area contributed by atoms with E-state index >= 15 is 0 Å². The summed E-state index contributed by atoms with van der Waals surface area (Å²) in [5.41, 5.74) is -0.238. The number of rotatable bonds is 6. The predicted molar refractivity (Wildman–Crippen MR) is 70.6 cm³/mol. The zero-order chi connectivity index (χ0) is 13.6. The van der Waals surface area contributed by atoms with E-state index in [0.717, 1.165) is 26.2 Å². The number of esters is 1. The average molecular weight is 258 g/mol. The number of ether oxygens (including phenoxy) is 2. The van der Waals surface area contributed by atoms with Gasteiger partial charge in [0.05, 0.1) is 12.2 Å². The Labute approximate surface area is 110 Å². The van der Waals surface area contributed by atoms with Crippen LogP contribution in [0.3, 0.4) is 0 Å². The van der Waals surface area contributed by atoms with Gasteiger partial charge in [0.1, 0.15) is 6.04 Å². The van der Waals surface area contributed by atoms with Crippen molar-refractivity contribution in [2.45, 2.75) is 38.8 Å². The molecule has 5 nitrogen and oxygen atoms in total. The van der Waals surface area contributed by atoms with Gasteiger partial charge in [-0.3, -0.25) is 9.69 Å². The number of nitrogens with one attached hydrogen (secondary N) is 1. The topological polar surface area (TPSA) is 50.8 Å². The summed E-state index contributed by atoms with van der Waals surface area (Å²) in [6.45, 7) is 9.98. The molecule has 0 spiro atoms. The Morgan fingerprint density at radius 1 is 1.39 bits per heavy atom. The lowest BCUT2D eigenvalue weighted by atomic mass is 10.1. The minimum atomic E-state index is -0.238. The largest absolute Gasteiger partial charge is 0.464 e. The molecule has 0 bridgehead atoms. The summed E-state index contributed by atoms with van der Waals surface area (Å²) in [6.07, 6.45) is 0.712. The number of nitrogens with zero attached hydrogens (tertiary/aromatic N) is 1. The van der Waals surface area contributed by atoms with Crippen LogP contribution in [-0.2, 0) is 14.3 Å². The molecule has 1 N–H and O–H groups in total. The minimum Gasteiger partial charge on any atom is -0.464 e. The second-order valence-corrected chi connectivity index (χ2v) is 5.34. The first-order valence-corrected chi connectivity index (χ1v) is 6.63. The monoisotopic (exact) mass is 258 g/mol. The third kappa shape index (κ3) is 4.92. The van der Waals surface area contributed by atoms with Gasteiger partial charge in [-0.05, 0) is 20.8 Å². The van der Waals surface area contributed by atoms with E-state index in [9.17, 15) is 4.79 Å². The fourth-order valence-corrected chi connectivity index (χ4v) is 1.84. The molecular weight excluding hydrogens is 232 g/mol. The molecule has 1 aliphatic heterocycles. The quantitative estimate of drug-likeness (QED) is 0.709. The molecule has 1 unspecified atom stereocenters. The van der Waals surface area contributed by atoms with Crippen LogP contribution in [0.4, 0.5) is 0 Å². The highest BCUT2D eigenvalue weighted by atomic mass is 16.5. The first-order chi connectivity index (χ1) is 8.46. The highest BCUT2D eigenvalue weighted by Crippen LogP contribution is 2.13. The molecule has 0 amide bonds. The molecule has 0 aliphatic carbocycles. The molecule has 1 heterocycles. The molecule has 0 radical (unpaired) electrons. The first kappa shape index (κ1) is 15.4. The van der Waals surface area contributed by atoms with Crippen molar-refractivity contribution in [3.8, 4) is 0 Å². The SMILES string of the molecule is COC(C)(C)CCOC(=O)C(C)N1CCNCC1. The smallest absolute Gasteiger partial charge is 0.323 e. The van der Waals surface area contributed by atoms with Crippen molar-refractivity contribution in [3.63, 3.8) is 0 Å². The standard InChI is InChI=1S/C13H26N2O3/c1-11(15-8-6-14-7-9-15)12(16)18-10-5-13(2,3)17-4/h11,14H,5-10H2,1-4H3. The molecule has 1 rings (SSSR count). The number of carbonyl (C=O) groups is 1. The maximum Gasteiger partial charge on any atom is 0.323 e. The van der Waals surface area contributed by atoms with E-state index in [0.29, 0.717) is 13.0 Å². The predicted octanol–water partition coefficient (Wildman–Crippen LogP) is 0.638. The number of piperazine rings is 1. The van der Waals surface area contributed by atoms with E-state index in [1.54, 1.807) is 7.11 Å². The highest BCUT2D eigenvalue weighted by Gasteiger charge is 2.24. The average Bonchev–Trinajstić information content (AvgIpc) is 2.38. The van der Waals surface area contributed by atoms with Crippen molar-refractivity contribution in [2.24, 2.45) is 0 Å². The van der Waals surface area contributed by atoms with Gasteiger partial charge >= 0.3 is 5.97 Å². The summed E-state index contributed by atoms with van der Waals surface area (Å²) in [5.74, 6) is -0.135. The van der Waals surface area contributed by atoms with Crippen LogP contribution in [0.2, 0.25) is 0 Å². The van der Waals surface area contributed by atoms with E-state index < -0.39 is 0 Å². The van der Waals surface area contributed by atoms with E-state index in [-0.39, 0.29) is 17.6 Å².